The summed E-state index contributed by atoms with van der Waals surface area (Å²) >= 11 is 0. The quantitative estimate of drug-likeness (QED) is 0.481. The minimum Gasteiger partial charge on any atom is -0.394 e. The van der Waals surface area contributed by atoms with Crippen LogP contribution in [0.25, 0.3) is 0 Å². The highest BCUT2D eigenvalue weighted by molar-refractivity contribution is 4.67. The highest BCUT2D eigenvalue weighted by Crippen LogP contribution is 2.06. The topological polar surface area (TPSA) is 69.2 Å². The van der Waals surface area contributed by atoms with Crippen molar-refractivity contribution in [2.45, 2.75) is 18.9 Å². The molecule has 1 rings (SSSR count). The van der Waals surface area contributed by atoms with Gasteiger partial charge in [-0.05, 0) is 25.9 Å². The molecule has 19 heavy (non-hydrogen) atoms. The lowest BCUT2D eigenvalue weighted by Gasteiger charge is -2.22. The second-order valence-corrected chi connectivity index (χ2v) is 4.38. The van der Waals surface area contributed by atoms with Crippen molar-refractivity contribution in [1.29, 1.82) is 0 Å². The van der Waals surface area contributed by atoms with E-state index < -0.39 is 0 Å². The maximum atomic E-state index is 8.48. The Hall–Kier alpha value is -0.240. The third kappa shape index (κ3) is 10.2. The maximum Gasteiger partial charge on any atom is 0.0704 e. The normalized spacial score (nSPS) is 16.9. The predicted octanol–water partition coefficient (Wildman–Crippen LogP) is -0.203. The smallest absolute Gasteiger partial charge is 0.0704 e. The SMILES string of the molecule is OCCOCCOCCOCCOC1CCNCC1. The molecule has 1 aliphatic rings. The van der Waals surface area contributed by atoms with Gasteiger partial charge in [-0.1, -0.05) is 0 Å². The van der Waals surface area contributed by atoms with Gasteiger partial charge in [-0.15, -0.1) is 0 Å². The van der Waals surface area contributed by atoms with Gasteiger partial charge in [-0.25, -0.2) is 0 Å². The predicted molar refractivity (Wildman–Crippen MR) is 71.4 cm³/mol. The molecule has 1 aliphatic heterocycles. The van der Waals surface area contributed by atoms with Crippen LogP contribution in [0.4, 0.5) is 0 Å². The molecule has 114 valence electrons. The Labute approximate surface area is 115 Å². The molecule has 0 aliphatic carbocycles. The molecular weight excluding hydrogens is 250 g/mol. The van der Waals surface area contributed by atoms with Crippen molar-refractivity contribution < 1.29 is 24.1 Å². The Balaban J connectivity index is 1.71. The Bertz CT molecular complexity index is 188. The number of aliphatic hydroxyl groups is 1. The Morgan fingerprint density at radius 2 is 1.32 bits per heavy atom. The number of piperidine rings is 1. The molecule has 0 atom stereocenters. The third-order valence-corrected chi connectivity index (χ3v) is 2.85. The zero-order valence-corrected chi connectivity index (χ0v) is 11.6. The average molecular weight is 277 g/mol. The number of hydrogen-bond donors (Lipinski definition) is 2. The molecule has 0 radical (unpaired) electrons. The number of aliphatic hydroxyl groups excluding tert-OH is 1. The van der Waals surface area contributed by atoms with Crippen molar-refractivity contribution in [2.24, 2.45) is 0 Å². The standard InChI is InChI=1S/C13H27NO5/c15-5-6-16-7-8-17-9-10-18-11-12-19-13-1-3-14-4-2-13/h13-15H,1-12H2. The van der Waals surface area contributed by atoms with Gasteiger partial charge >= 0.3 is 0 Å². The summed E-state index contributed by atoms with van der Waals surface area (Å²) in [5.74, 6) is 0. The Morgan fingerprint density at radius 3 is 1.89 bits per heavy atom. The molecule has 1 heterocycles. The largest absolute Gasteiger partial charge is 0.394 e. The van der Waals surface area contributed by atoms with E-state index in [1.165, 1.54) is 0 Å². The van der Waals surface area contributed by atoms with Crippen molar-refractivity contribution in [2.75, 3.05) is 65.9 Å². The lowest BCUT2D eigenvalue weighted by Crippen LogP contribution is -2.33. The van der Waals surface area contributed by atoms with Crippen LogP contribution in [0.15, 0.2) is 0 Å². The van der Waals surface area contributed by atoms with Gasteiger partial charge in [0.2, 0.25) is 0 Å². The van der Waals surface area contributed by atoms with E-state index in [9.17, 15) is 0 Å². The van der Waals surface area contributed by atoms with Gasteiger partial charge in [-0.3, -0.25) is 0 Å². The fraction of sp³-hybridized carbons (Fsp3) is 1.00. The van der Waals surface area contributed by atoms with Crippen LogP contribution in [-0.2, 0) is 18.9 Å². The van der Waals surface area contributed by atoms with Crippen LogP contribution < -0.4 is 5.32 Å². The molecule has 0 unspecified atom stereocenters. The van der Waals surface area contributed by atoms with Gasteiger partial charge in [0, 0.05) is 0 Å². The first-order valence-corrected chi connectivity index (χ1v) is 7.10. The summed E-state index contributed by atoms with van der Waals surface area (Å²) < 4.78 is 21.5. The van der Waals surface area contributed by atoms with Crippen LogP contribution in [0, 0.1) is 0 Å². The molecule has 0 spiro atoms. The summed E-state index contributed by atoms with van der Waals surface area (Å²) in [6, 6.07) is 0. The fourth-order valence-electron chi connectivity index (χ4n) is 1.84. The van der Waals surface area contributed by atoms with Crippen molar-refractivity contribution in [3.63, 3.8) is 0 Å². The molecule has 0 bridgehead atoms. The van der Waals surface area contributed by atoms with Crippen LogP contribution >= 0.6 is 0 Å². The van der Waals surface area contributed by atoms with Crippen LogP contribution in [0.5, 0.6) is 0 Å². The van der Waals surface area contributed by atoms with Gasteiger partial charge in [0.05, 0.1) is 59.0 Å². The fourth-order valence-corrected chi connectivity index (χ4v) is 1.84. The van der Waals surface area contributed by atoms with E-state index in [1.54, 1.807) is 0 Å². The molecule has 0 amide bonds. The zero-order chi connectivity index (χ0) is 13.6. The van der Waals surface area contributed by atoms with Gasteiger partial charge in [0.25, 0.3) is 0 Å². The number of rotatable bonds is 12. The summed E-state index contributed by atoms with van der Waals surface area (Å²) in [6.45, 7) is 6.00. The van der Waals surface area contributed by atoms with E-state index in [0.717, 1.165) is 25.9 Å². The first-order valence-electron chi connectivity index (χ1n) is 7.10. The molecule has 0 saturated carbocycles. The summed E-state index contributed by atoms with van der Waals surface area (Å²) in [5, 5.41) is 11.8. The number of hydrogen-bond acceptors (Lipinski definition) is 6. The van der Waals surface area contributed by atoms with Crippen molar-refractivity contribution in [3.8, 4) is 0 Å². The van der Waals surface area contributed by atoms with Gasteiger partial charge in [-0.2, -0.15) is 0 Å². The molecule has 0 aromatic heterocycles. The highest BCUT2D eigenvalue weighted by Gasteiger charge is 2.12. The molecule has 2 N–H and O–H groups in total. The summed E-state index contributed by atoms with van der Waals surface area (Å²) in [6.07, 6.45) is 2.58. The van der Waals surface area contributed by atoms with E-state index in [1.807, 2.05) is 0 Å². The minimum atomic E-state index is 0.0557. The van der Waals surface area contributed by atoms with Crippen LogP contribution in [0.2, 0.25) is 0 Å². The monoisotopic (exact) mass is 277 g/mol. The van der Waals surface area contributed by atoms with Crippen molar-refractivity contribution in [1.82, 2.24) is 5.32 Å². The van der Waals surface area contributed by atoms with E-state index in [0.29, 0.717) is 52.4 Å². The van der Waals surface area contributed by atoms with Gasteiger partial charge in [0.15, 0.2) is 0 Å². The first-order chi connectivity index (χ1) is 9.43. The molecule has 6 heteroatoms. The number of ether oxygens (including phenoxy) is 4. The second-order valence-electron chi connectivity index (χ2n) is 4.38. The molecule has 6 nitrogen and oxygen atoms in total. The van der Waals surface area contributed by atoms with E-state index in [2.05, 4.69) is 5.32 Å². The van der Waals surface area contributed by atoms with E-state index >= 15 is 0 Å². The maximum absolute atomic E-state index is 8.48. The van der Waals surface area contributed by atoms with Gasteiger partial charge < -0.3 is 29.4 Å². The zero-order valence-electron chi connectivity index (χ0n) is 11.6. The third-order valence-electron chi connectivity index (χ3n) is 2.85. The molecular formula is C13H27NO5. The lowest BCUT2D eigenvalue weighted by molar-refractivity contribution is -0.0263. The summed E-state index contributed by atoms with van der Waals surface area (Å²) in [7, 11) is 0. The lowest BCUT2D eigenvalue weighted by atomic mass is 10.1. The molecule has 0 aromatic carbocycles. The van der Waals surface area contributed by atoms with E-state index in [4.69, 9.17) is 24.1 Å². The van der Waals surface area contributed by atoms with E-state index in [-0.39, 0.29) is 6.61 Å². The first kappa shape index (κ1) is 16.8. The number of nitrogens with one attached hydrogen (secondary N) is 1. The molecule has 1 saturated heterocycles. The summed E-state index contributed by atoms with van der Waals surface area (Å²) in [5.41, 5.74) is 0. The molecule has 1 fully saturated rings. The van der Waals surface area contributed by atoms with Crippen LogP contribution in [0.1, 0.15) is 12.8 Å². The van der Waals surface area contributed by atoms with Crippen molar-refractivity contribution in [3.05, 3.63) is 0 Å². The molecule has 0 aromatic rings. The van der Waals surface area contributed by atoms with Crippen molar-refractivity contribution >= 4 is 0 Å². The highest BCUT2D eigenvalue weighted by atomic mass is 16.6. The Morgan fingerprint density at radius 1 is 0.789 bits per heavy atom. The Kier molecular flexibility index (Phi) is 11.3. The van der Waals surface area contributed by atoms with Gasteiger partial charge in [0.1, 0.15) is 0 Å². The second kappa shape index (κ2) is 12.8. The minimum absolute atomic E-state index is 0.0557. The van der Waals surface area contributed by atoms with Crippen LogP contribution in [0.3, 0.4) is 0 Å². The van der Waals surface area contributed by atoms with Crippen LogP contribution in [-0.4, -0.2) is 77.2 Å². The average Bonchev–Trinajstić information content (AvgIpc) is 2.46. The summed E-state index contributed by atoms with van der Waals surface area (Å²) in [4.78, 5) is 0.